The molecule has 1 N–H and O–H groups in total. The highest BCUT2D eigenvalue weighted by Crippen LogP contribution is 2.34. The van der Waals surface area contributed by atoms with E-state index >= 15 is 0 Å². The molecule has 1 saturated heterocycles. The summed E-state index contributed by atoms with van der Waals surface area (Å²) in [5.41, 5.74) is 2.01. The lowest BCUT2D eigenvalue weighted by atomic mass is 9.98. The molecule has 0 unspecified atom stereocenters. The van der Waals surface area contributed by atoms with Gasteiger partial charge in [-0.25, -0.2) is 14.8 Å². The van der Waals surface area contributed by atoms with E-state index < -0.39 is 0 Å². The molecule has 4 rings (SSSR count). The maximum absolute atomic E-state index is 12.7. The molecule has 0 saturated carbocycles. The van der Waals surface area contributed by atoms with Crippen molar-refractivity contribution in [2.75, 3.05) is 25.5 Å². The Hall–Kier alpha value is -2.15. The van der Waals surface area contributed by atoms with Crippen molar-refractivity contribution in [1.29, 1.82) is 0 Å². The van der Waals surface area contributed by atoms with E-state index in [9.17, 15) is 4.79 Å². The number of pyridine rings is 1. The molecule has 1 atom stereocenters. The molecule has 26 heavy (non-hydrogen) atoms. The van der Waals surface area contributed by atoms with Gasteiger partial charge in [0.2, 0.25) is 5.88 Å². The van der Waals surface area contributed by atoms with Crippen LogP contribution in [-0.2, 0) is 12.8 Å². The number of hydrogen-bond donors (Lipinski definition) is 1. The molecule has 2 aromatic heterocycles. The molecule has 1 aliphatic carbocycles. The third-order valence-corrected chi connectivity index (χ3v) is 6.44. The molecule has 1 fully saturated rings. The first-order valence-electron chi connectivity index (χ1n) is 9.27. The van der Waals surface area contributed by atoms with Gasteiger partial charge in [-0.05, 0) is 44.6 Å². The van der Waals surface area contributed by atoms with Gasteiger partial charge in [0.15, 0.2) is 0 Å². The van der Waals surface area contributed by atoms with Gasteiger partial charge in [0.05, 0.1) is 17.8 Å². The number of carbonyl (C=O) groups excluding carboxylic acids is 1. The van der Waals surface area contributed by atoms with Crippen LogP contribution in [0.25, 0.3) is 0 Å². The standard InChI is InChI=1S/C19H24N4O2S/c1-25-17-11-14(8-9-20-17)21-19(24)23-10-4-5-13(12-23)18-22-15-6-2-3-7-16(15)26-18/h8-9,11,13H,2-7,10,12H2,1H3,(H,20,21,24)/t13-/m0/s1. The van der Waals surface area contributed by atoms with Crippen molar-refractivity contribution in [3.8, 4) is 5.88 Å². The monoisotopic (exact) mass is 372 g/mol. The van der Waals surface area contributed by atoms with Crippen LogP contribution >= 0.6 is 11.3 Å². The summed E-state index contributed by atoms with van der Waals surface area (Å²) < 4.78 is 5.11. The van der Waals surface area contributed by atoms with E-state index in [0.717, 1.165) is 32.4 Å². The number of fused-ring (bicyclic) bond motifs is 1. The predicted octanol–water partition coefficient (Wildman–Crippen LogP) is 3.84. The Bertz CT molecular complexity index is 768. The van der Waals surface area contributed by atoms with E-state index in [-0.39, 0.29) is 6.03 Å². The predicted molar refractivity (Wildman–Crippen MR) is 102 cm³/mol. The molecule has 2 amide bonds. The zero-order chi connectivity index (χ0) is 17.9. The van der Waals surface area contributed by atoms with Crippen LogP contribution in [0.2, 0.25) is 0 Å². The molecule has 3 heterocycles. The number of hydrogen-bond acceptors (Lipinski definition) is 5. The number of amides is 2. The van der Waals surface area contributed by atoms with E-state index in [4.69, 9.17) is 9.72 Å². The number of ether oxygens (including phenoxy) is 1. The summed E-state index contributed by atoms with van der Waals surface area (Å²) in [7, 11) is 1.57. The number of anilines is 1. The number of rotatable bonds is 3. The van der Waals surface area contributed by atoms with Gasteiger partial charge >= 0.3 is 6.03 Å². The van der Waals surface area contributed by atoms with Gasteiger partial charge < -0.3 is 15.0 Å². The molecule has 0 bridgehead atoms. The second-order valence-electron chi connectivity index (χ2n) is 6.93. The summed E-state index contributed by atoms with van der Waals surface area (Å²) in [5, 5.41) is 4.18. The van der Waals surface area contributed by atoms with Crippen molar-refractivity contribution in [2.24, 2.45) is 0 Å². The molecule has 7 heteroatoms. The average Bonchev–Trinajstić information content (AvgIpc) is 3.12. The second kappa shape index (κ2) is 7.61. The Kier molecular flexibility index (Phi) is 5.06. The first-order chi connectivity index (χ1) is 12.7. The molecule has 6 nitrogen and oxygen atoms in total. The smallest absolute Gasteiger partial charge is 0.321 e. The van der Waals surface area contributed by atoms with E-state index in [1.165, 1.54) is 34.8 Å². The van der Waals surface area contributed by atoms with Gasteiger partial charge in [0, 0.05) is 41.8 Å². The van der Waals surface area contributed by atoms with Crippen molar-refractivity contribution in [3.63, 3.8) is 0 Å². The lowest BCUT2D eigenvalue weighted by Crippen LogP contribution is -2.41. The largest absolute Gasteiger partial charge is 0.481 e. The van der Waals surface area contributed by atoms with E-state index in [2.05, 4.69) is 10.3 Å². The lowest BCUT2D eigenvalue weighted by Gasteiger charge is -2.31. The molecule has 2 aliphatic rings. The van der Waals surface area contributed by atoms with Crippen molar-refractivity contribution >= 4 is 23.1 Å². The zero-order valence-corrected chi connectivity index (χ0v) is 15.8. The van der Waals surface area contributed by atoms with Gasteiger partial charge in [-0.1, -0.05) is 0 Å². The maximum Gasteiger partial charge on any atom is 0.321 e. The Morgan fingerprint density at radius 2 is 2.23 bits per heavy atom. The number of piperidine rings is 1. The number of thiazole rings is 1. The van der Waals surface area contributed by atoms with Crippen LogP contribution in [0.1, 0.15) is 47.2 Å². The molecular weight excluding hydrogens is 348 g/mol. The number of urea groups is 1. The van der Waals surface area contributed by atoms with Crippen LogP contribution in [0.15, 0.2) is 18.3 Å². The van der Waals surface area contributed by atoms with Crippen LogP contribution in [0.5, 0.6) is 5.88 Å². The Morgan fingerprint density at radius 3 is 3.08 bits per heavy atom. The van der Waals surface area contributed by atoms with E-state index in [0.29, 0.717) is 17.5 Å². The van der Waals surface area contributed by atoms with Crippen LogP contribution in [0, 0.1) is 0 Å². The van der Waals surface area contributed by atoms with E-state index in [1.807, 2.05) is 16.2 Å². The number of aryl methyl sites for hydroxylation is 2. The van der Waals surface area contributed by atoms with Crippen molar-refractivity contribution < 1.29 is 9.53 Å². The maximum atomic E-state index is 12.7. The van der Waals surface area contributed by atoms with Crippen molar-refractivity contribution in [3.05, 3.63) is 33.9 Å². The van der Waals surface area contributed by atoms with Crippen molar-refractivity contribution in [1.82, 2.24) is 14.9 Å². The number of aromatic nitrogens is 2. The van der Waals surface area contributed by atoms with Gasteiger partial charge in [-0.15, -0.1) is 11.3 Å². The second-order valence-corrected chi connectivity index (χ2v) is 8.05. The number of nitrogens with one attached hydrogen (secondary N) is 1. The molecule has 0 radical (unpaired) electrons. The minimum Gasteiger partial charge on any atom is -0.481 e. The molecule has 1 aliphatic heterocycles. The molecule has 0 aromatic carbocycles. The summed E-state index contributed by atoms with van der Waals surface area (Å²) in [4.78, 5) is 25.0. The van der Waals surface area contributed by atoms with E-state index in [1.54, 1.807) is 25.4 Å². The van der Waals surface area contributed by atoms with Crippen LogP contribution < -0.4 is 10.1 Å². The highest BCUT2D eigenvalue weighted by atomic mass is 32.1. The SMILES string of the molecule is COc1cc(NC(=O)N2CCC[C@H](c3nc4c(s3)CCCC4)C2)ccn1. The van der Waals surface area contributed by atoms with Crippen molar-refractivity contribution in [2.45, 2.75) is 44.4 Å². The number of methoxy groups -OCH3 is 1. The minimum atomic E-state index is -0.0655. The van der Waals surface area contributed by atoms with Crippen LogP contribution in [0.4, 0.5) is 10.5 Å². The topological polar surface area (TPSA) is 67.3 Å². The summed E-state index contributed by atoms with van der Waals surface area (Å²) in [6.07, 6.45) is 8.59. The third-order valence-electron chi connectivity index (χ3n) is 5.12. The third kappa shape index (κ3) is 3.67. The highest BCUT2D eigenvalue weighted by Gasteiger charge is 2.28. The number of carbonyl (C=O) groups is 1. The first kappa shape index (κ1) is 17.3. The summed E-state index contributed by atoms with van der Waals surface area (Å²) in [6.45, 7) is 1.52. The zero-order valence-electron chi connectivity index (χ0n) is 15.0. The molecular formula is C19H24N4O2S. The quantitative estimate of drug-likeness (QED) is 0.889. The molecule has 138 valence electrons. The Labute approximate surface area is 157 Å². The van der Waals surface area contributed by atoms with Gasteiger partial charge in [0.25, 0.3) is 0 Å². The minimum absolute atomic E-state index is 0.0655. The normalized spacial score (nSPS) is 19.7. The summed E-state index contributed by atoms with van der Waals surface area (Å²) >= 11 is 1.87. The van der Waals surface area contributed by atoms with Crippen LogP contribution in [-0.4, -0.2) is 41.1 Å². The van der Waals surface area contributed by atoms with Crippen LogP contribution in [0.3, 0.4) is 0 Å². The number of nitrogens with zero attached hydrogens (tertiary/aromatic N) is 3. The fourth-order valence-electron chi connectivity index (χ4n) is 3.71. The average molecular weight is 372 g/mol. The Balaban J connectivity index is 1.42. The first-order valence-corrected chi connectivity index (χ1v) is 10.1. The van der Waals surface area contributed by atoms with Gasteiger partial charge in [0.1, 0.15) is 0 Å². The molecule has 2 aromatic rings. The lowest BCUT2D eigenvalue weighted by molar-refractivity contribution is 0.192. The number of likely N-dealkylation sites (tertiary alicyclic amines) is 1. The summed E-state index contributed by atoms with van der Waals surface area (Å²) in [6, 6.07) is 3.44. The Morgan fingerprint density at radius 1 is 1.35 bits per heavy atom. The van der Waals surface area contributed by atoms with Gasteiger partial charge in [-0.3, -0.25) is 0 Å². The fourth-order valence-corrected chi connectivity index (χ4v) is 4.99. The van der Waals surface area contributed by atoms with Gasteiger partial charge in [-0.2, -0.15) is 0 Å². The molecule has 0 spiro atoms. The highest BCUT2D eigenvalue weighted by molar-refractivity contribution is 7.11. The summed E-state index contributed by atoms with van der Waals surface area (Å²) in [5.74, 6) is 0.852. The fraction of sp³-hybridized carbons (Fsp3) is 0.526.